The maximum Gasteiger partial charge on any atom is 0.0351 e. The molecule has 2 heteroatoms. The molecule has 1 aliphatic carbocycles. The minimum absolute atomic E-state index is 0.672. The lowest BCUT2D eigenvalue weighted by atomic mass is 9.86. The van der Waals surface area contributed by atoms with Gasteiger partial charge in [0.1, 0.15) is 0 Å². The topological polar surface area (TPSA) is 15.3 Å². The zero-order chi connectivity index (χ0) is 12.4. The molecular formula is C16H24N2. The quantitative estimate of drug-likeness (QED) is 0.860. The first-order valence-electron chi connectivity index (χ1n) is 7.37. The summed E-state index contributed by atoms with van der Waals surface area (Å²) >= 11 is 0. The fourth-order valence-electron chi connectivity index (χ4n) is 3.63. The number of hydrogen-bond acceptors (Lipinski definition) is 2. The average Bonchev–Trinajstić information content (AvgIpc) is 2.47. The normalized spacial score (nSPS) is 28.9. The van der Waals surface area contributed by atoms with Gasteiger partial charge in [-0.05, 0) is 56.8 Å². The number of fused-ring (bicyclic) bond motifs is 1. The van der Waals surface area contributed by atoms with E-state index in [0.717, 1.165) is 0 Å². The molecule has 0 amide bonds. The summed E-state index contributed by atoms with van der Waals surface area (Å²) in [6.07, 6.45) is 6.64. The van der Waals surface area contributed by atoms with Crippen LogP contribution >= 0.6 is 0 Å². The van der Waals surface area contributed by atoms with Crippen molar-refractivity contribution in [2.24, 2.45) is 0 Å². The van der Waals surface area contributed by atoms with Crippen molar-refractivity contribution in [2.45, 2.75) is 44.2 Å². The van der Waals surface area contributed by atoms with E-state index in [4.69, 9.17) is 0 Å². The van der Waals surface area contributed by atoms with Gasteiger partial charge in [-0.15, -0.1) is 0 Å². The number of aryl methyl sites for hydroxylation is 1. The standard InChI is InChI=1S/C16H24N2/c1-17-14-8-5-11-18(12-14)16-10-4-7-13-6-2-3-9-15(13)16/h2-3,6,9,14,16-17H,4-5,7-8,10-12H2,1H3. The SMILES string of the molecule is CNC1CCCN(C2CCCc3ccccc32)C1. The van der Waals surface area contributed by atoms with Crippen LogP contribution in [0, 0.1) is 0 Å². The number of piperidine rings is 1. The molecule has 1 aliphatic heterocycles. The fraction of sp³-hybridized carbons (Fsp3) is 0.625. The third-order valence-corrected chi connectivity index (χ3v) is 4.64. The molecule has 98 valence electrons. The summed E-state index contributed by atoms with van der Waals surface area (Å²) in [4.78, 5) is 2.71. The van der Waals surface area contributed by atoms with Gasteiger partial charge in [0.2, 0.25) is 0 Å². The summed E-state index contributed by atoms with van der Waals surface area (Å²) in [5.41, 5.74) is 3.18. The first kappa shape index (κ1) is 12.2. The number of likely N-dealkylation sites (N-methyl/N-ethyl adjacent to an activating group) is 1. The molecule has 0 aromatic heterocycles. The van der Waals surface area contributed by atoms with Gasteiger partial charge in [0.25, 0.3) is 0 Å². The van der Waals surface area contributed by atoms with Crippen molar-refractivity contribution in [1.82, 2.24) is 10.2 Å². The van der Waals surface area contributed by atoms with Crippen molar-refractivity contribution >= 4 is 0 Å². The highest BCUT2D eigenvalue weighted by Crippen LogP contribution is 2.35. The Morgan fingerprint density at radius 2 is 2.06 bits per heavy atom. The molecular weight excluding hydrogens is 220 g/mol. The lowest BCUT2D eigenvalue weighted by Crippen LogP contribution is -2.46. The molecule has 2 nitrogen and oxygen atoms in total. The number of nitrogens with one attached hydrogen (secondary N) is 1. The van der Waals surface area contributed by atoms with Crippen LogP contribution in [0.3, 0.4) is 0 Å². The second-order valence-electron chi connectivity index (χ2n) is 5.73. The molecule has 0 saturated carbocycles. The monoisotopic (exact) mass is 244 g/mol. The Hall–Kier alpha value is -0.860. The predicted octanol–water partition coefficient (Wildman–Crippen LogP) is 2.75. The van der Waals surface area contributed by atoms with Gasteiger partial charge in [-0.3, -0.25) is 4.90 Å². The number of rotatable bonds is 2. The summed E-state index contributed by atoms with van der Waals surface area (Å²) in [6.45, 7) is 2.49. The average molecular weight is 244 g/mol. The van der Waals surface area contributed by atoms with Gasteiger partial charge in [-0.2, -0.15) is 0 Å². The minimum atomic E-state index is 0.672. The van der Waals surface area contributed by atoms with Crippen LogP contribution in [-0.2, 0) is 6.42 Å². The molecule has 0 bridgehead atoms. The summed E-state index contributed by atoms with van der Waals surface area (Å²) in [7, 11) is 2.10. The zero-order valence-corrected chi connectivity index (χ0v) is 11.4. The molecule has 0 radical (unpaired) electrons. The molecule has 1 saturated heterocycles. The highest BCUT2D eigenvalue weighted by atomic mass is 15.2. The van der Waals surface area contributed by atoms with E-state index in [9.17, 15) is 0 Å². The van der Waals surface area contributed by atoms with Crippen LogP contribution in [0.1, 0.15) is 42.9 Å². The van der Waals surface area contributed by atoms with E-state index in [1.54, 1.807) is 11.1 Å². The summed E-state index contributed by atoms with van der Waals surface area (Å²) in [5.74, 6) is 0. The number of hydrogen-bond donors (Lipinski definition) is 1. The van der Waals surface area contributed by atoms with E-state index in [1.807, 2.05) is 0 Å². The van der Waals surface area contributed by atoms with Crippen molar-refractivity contribution in [1.29, 1.82) is 0 Å². The van der Waals surface area contributed by atoms with Gasteiger partial charge in [0.05, 0.1) is 0 Å². The van der Waals surface area contributed by atoms with Crippen molar-refractivity contribution < 1.29 is 0 Å². The van der Waals surface area contributed by atoms with E-state index in [2.05, 4.69) is 41.5 Å². The molecule has 1 heterocycles. The molecule has 1 aromatic carbocycles. The van der Waals surface area contributed by atoms with Gasteiger partial charge in [0.15, 0.2) is 0 Å². The molecule has 18 heavy (non-hydrogen) atoms. The van der Waals surface area contributed by atoms with E-state index in [1.165, 1.54) is 45.2 Å². The highest BCUT2D eigenvalue weighted by Gasteiger charge is 2.29. The van der Waals surface area contributed by atoms with E-state index in [0.29, 0.717) is 12.1 Å². The molecule has 1 aromatic rings. The number of nitrogens with zero attached hydrogens (tertiary/aromatic N) is 1. The van der Waals surface area contributed by atoms with E-state index >= 15 is 0 Å². The molecule has 2 unspecified atom stereocenters. The Bertz CT molecular complexity index is 402. The molecule has 2 aliphatic rings. The van der Waals surface area contributed by atoms with Crippen molar-refractivity contribution in [3.8, 4) is 0 Å². The zero-order valence-electron chi connectivity index (χ0n) is 11.4. The molecule has 1 N–H and O–H groups in total. The third kappa shape index (κ3) is 2.32. The van der Waals surface area contributed by atoms with Crippen LogP contribution in [0.25, 0.3) is 0 Å². The summed E-state index contributed by atoms with van der Waals surface area (Å²) in [5, 5.41) is 3.46. The van der Waals surface area contributed by atoms with Gasteiger partial charge in [-0.1, -0.05) is 24.3 Å². The molecule has 3 rings (SSSR count). The Labute approximate surface area is 110 Å². The van der Waals surface area contributed by atoms with Crippen LogP contribution in [0.4, 0.5) is 0 Å². The van der Waals surface area contributed by atoms with Crippen molar-refractivity contribution in [3.05, 3.63) is 35.4 Å². The Morgan fingerprint density at radius 3 is 2.94 bits per heavy atom. The van der Waals surface area contributed by atoms with E-state index < -0.39 is 0 Å². The van der Waals surface area contributed by atoms with Crippen molar-refractivity contribution in [3.63, 3.8) is 0 Å². The smallest absolute Gasteiger partial charge is 0.0351 e. The Balaban J connectivity index is 1.80. The minimum Gasteiger partial charge on any atom is -0.316 e. The molecule has 0 spiro atoms. The summed E-state index contributed by atoms with van der Waals surface area (Å²) in [6, 6.07) is 10.4. The van der Waals surface area contributed by atoms with Gasteiger partial charge in [-0.25, -0.2) is 0 Å². The van der Waals surface area contributed by atoms with Crippen molar-refractivity contribution in [2.75, 3.05) is 20.1 Å². The van der Waals surface area contributed by atoms with Crippen LogP contribution in [-0.4, -0.2) is 31.1 Å². The first-order valence-corrected chi connectivity index (χ1v) is 7.37. The van der Waals surface area contributed by atoms with Crippen LogP contribution in [0.2, 0.25) is 0 Å². The lowest BCUT2D eigenvalue weighted by molar-refractivity contribution is 0.127. The number of likely N-dealkylation sites (tertiary alicyclic amines) is 1. The maximum atomic E-state index is 3.46. The van der Waals surface area contributed by atoms with Gasteiger partial charge in [0, 0.05) is 18.6 Å². The van der Waals surface area contributed by atoms with Crippen LogP contribution < -0.4 is 5.32 Å². The lowest BCUT2D eigenvalue weighted by Gasteiger charge is -2.40. The Morgan fingerprint density at radius 1 is 1.17 bits per heavy atom. The second-order valence-corrected chi connectivity index (χ2v) is 5.73. The van der Waals surface area contributed by atoms with E-state index in [-0.39, 0.29) is 0 Å². The third-order valence-electron chi connectivity index (χ3n) is 4.64. The summed E-state index contributed by atoms with van der Waals surface area (Å²) < 4.78 is 0. The Kier molecular flexibility index (Phi) is 3.67. The van der Waals surface area contributed by atoms with Gasteiger partial charge < -0.3 is 5.32 Å². The van der Waals surface area contributed by atoms with Crippen LogP contribution in [0.5, 0.6) is 0 Å². The molecule has 2 atom stereocenters. The number of benzene rings is 1. The molecule has 1 fully saturated rings. The highest BCUT2D eigenvalue weighted by molar-refractivity contribution is 5.32. The first-order chi connectivity index (χ1) is 8.88. The largest absolute Gasteiger partial charge is 0.316 e. The second kappa shape index (κ2) is 5.41. The fourth-order valence-corrected chi connectivity index (χ4v) is 3.63. The van der Waals surface area contributed by atoms with Gasteiger partial charge >= 0.3 is 0 Å². The van der Waals surface area contributed by atoms with Crippen LogP contribution in [0.15, 0.2) is 24.3 Å². The predicted molar refractivity (Wildman–Crippen MR) is 75.8 cm³/mol. The maximum absolute atomic E-state index is 3.46.